The zero-order chi connectivity index (χ0) is 9.42. The SMILES string of the molecule is O=C(O)[C@H]1N[C@@H]1c1ccc(O)cc1. The number of carboxylic acids is 1. The van der Waals surface area contributed by atoms with E-state index in [0.29, 0.717) is 0 Å². The van der Waals surface area contributed by atoms with Crippen molar-refractivity contribution in [3.05, 3.63) is 29.8 Å². The lowest BCUT2D eigenvalue weighted by molar-refractivity contribution is -0.136. The lowest BCUT2D eigenvalue weighted by Crippen LogP contribution is -2.07. The number of aromatic hydroxyl groups is 1. The number of carboxylic acid groups (broad SMARTS) is 1. The summed E-state index contributed by atoms with van der Waals surface area (Å²) in [6.45, 7) is 0. The van der Waals surface area contributed by atoms with Crippen molar-refractivity contribution in [3.63, 3.8) is 0 Å². The van der Waals surface area contributed by atoms with Gasteiger partial charge in [-0.25, -0.2) is 0 Å². The van der Waals surface area contributed by atoms with Crippen LogP contribution < -0.4 is 5.32 Å². The van der Waals surface area contributed by atoms with Crippen LogP contribution >= 0.6 is 0 Å². The number of aliphatic carboxylic acids is 1. The molecule has 0 unspecified atom stereocenters. The molecular weight excluding hydrogens is 170 g/mol. The van der Waals surface area contributed by atoms with Crippen molar-refractivity contribution >= 4 is 5.97 Å². The molecule has 0 spiro atoms. The molecule has 0 aromatic heterocycles. The van der Waals surface area contributed by atoms with Gasteiger partial charge in [-0.05, 0) is 17.7 Å². The van der Waals surface area contributed by atoms with Crippen LogP contribution in [-0.2, 0) is 4.79 Å². The van der Waals surface area contributed by atoms with E-state index in [9.17, 15) is 4.79 Å². The number of phenolic OH excluding ortho intramolecular Hbond substituents is 1. The van der Waals surface area contributed by atoms with Gasteiger partial charge in [-0.15, -0.1) is 0 Å². The fraction of sp³-hybridized carbons (Fsp3) is 0.222. The summed E-state index contributed by atoms with van der Waals surface area (Å²) >= 11 is 0. The van der Waals surface area contributed by atoms with Gasteiger partial charge in [0, 0.05) is 0 Å². The number of carbonyl (C=O) groups is 1. The number of hydrogen-bond donors (Lipinski definition) is 3. The van der Waals surface area contributed by atoms with E-state index < -0.39 is 12.0 Å². The summed E-state index contributed by atoms with van der Waals surface area (Å²) in [5.74, 6) is -0.644. The Kier molecular flexibility index (Phi) is 1.70. The van der Waals surface area contributed by atoms with Gasteiger partial charge in [0.2, 0.25) is 0 Å². The number of benzene rings is 1. The van der Waals surface area contributed by atoms with Crippen molar-refractivity contribution in [3.8, 4) is 5.75 Å². The Bertz CT molecular complexity index is 333. The van der Waals surface area contributed by atoms with Crippen LogP contribution in [0.3, 0.4) is 0 Å². The van der Waals surface area contributed by atoms with E-state index in [4.69, 9.17) is 10.2 Å². The fourth-order valence-corrected chi connectivity index (χ4v) is 1.32. The molecule has 13 heavy (non-hydrogen) atoms. The first-order chi connectivity index (χ1) is 6.18. The molecule has 0 aliphatic carbocycles. The summed E-state index contributed by atoms with van der Waals surface area (Å²) in [6, 6.07) is 5.97. The van der Waals surface area contributed by atoms with Gasteiger partial charge in [0.05, 0.1) is 6.04 Å². The van der Waals surface area contributed by atoms with E-state index in [0.717, 1.165) is 5.56 Å². The zero-order valence-electron chi connectivity index (χ0n) is 6.77. The normalized spacial score (nSPS) is 25.5. The summed E-state index contributed by atoms with van der Waals surface area (Å²) in [5.41, 5.74) is 0.894. The maximum absolute atomic E-state index is 10.5. The maximum atomic E-state index is 10.5. The monoisotopic (exact) mass is 179 g/mol. The van der Waals surface area contributed by atoms with E-state index in [1.54, 1.807) is 24.3 Å². The molecular formula is C9H9NO3. The second-order valence-corrected chi connectivity index (χ2v) is 3.05. The van der Waals surface area contributed by atoms with E-state index in [-0.39, 0.29) is 11.8 Å². The summed E-state index contributed by atoms with van der Waals surface area (Å²) in [6.07, 6.45) is 0. The number of rotatable bonds is 2. The molecule has 68 valence electrons. The first-order valence-electron chi connectivity index (χ1n) is 3.96. The average molecular weight is 179 g/mol. The third kappa shape index (κ3) is 1.48. The quantitative estimate of drug-likeness (QED) is 0.577. The van der Waals surface area contributed by atoms with Crippen LogP contribution in [-0.4, -0.2) is 22.2 Å². The number of phenols is 1. The van der Waals surface area contributed by atoms with Gasteiger partial charge in [0.1, 0.15) is 11.8 Å². The van der Waals surface area contributed by atoms with Crippen molar-refractivity contribution in [2.24, 2.45) is 0 Å². The number of nitrogens with one attached hydrogen (secondary N) is 1. The van der Waals surface area contributed by atoms with Gasteiger partial charge in [-0.1, -0.05) is 12.1 Å². The molecule has 0 radical (unpaired) electrons. The predicted molar refractivity (Wildman–Crippen MR) is 45.4 cm³/mol. The summed E-state index contributed by atoms with van der Waals surface area (Å²) in [5, 5.41) is 20.4. The molecule has 0 amide bonds. The standard InChI is InChI=1S/C9H9NO3/c11-6-3-1-5(2-4-6)7-8(10-7)9(12)13/h1-4,7-8,10-11H,(H,12,13)/t7-,8+/m1/s1. The highest BCUT2D eigenvalue weighted by Gasteiger charge is 2.43. The Hall–Kier alpha value is -1.55. The summed E-state index contributed by atoms with van der Waals surface area (Å²) in [4.78, 5) is 10.5. The second-order valence-electron chi connectivity index (χ2n) is 3.05. The smallest absolute Gasteiger partial charge is 0.322 e. The highest BCUT2D eigenvalue weighted by molar-refractivity contribution is 5.78. The molecule has 1 aliphatic heterocycles. The molecule has 1 fully saturated rings. The van der Waals surface area contributed by atoms with Gasteiger partial charge in [0.15, 0.2) is 0 Å². The minimum Gasteiger partial charge on any atom is -0.508 e. The molecule has 1 heterocycles. The molecule has 1 aromatic rings. The Labute approximate surface area is 74.8 Å². The van der Waals surface area contributed by atoms with Crippen LogP contribution in [0, 0.1) is 0 Å². The van der Waals surface area contributed by atoms with Crippen LogP contribution in [0.1, 0.15) is 11.6 Å². The Morgan fingerprint density at radius 2 is 1.92 bits per heavy atom. The minimum absolute atomic E-state index is 0.0990. The molecule has 3 N–H and O–H groups in total. The van der Waals surface area contributed by atoms with Gasteiger partial charge in [-0.3, -0.25) is 10.1 Å². The van der Waals surface area contributed by atoms with Gasteiger partial charge in [-0.2, -0.15) is 0 Å². The van der Waals surface area contributed by atoms with Crippen LogP contribution in [0.25, 0.3) is 0 Å². The van der Waals surface area contributed by atoms with Crippen molar-refractivity contribution in [2.75, 3.05) is 0 Å². The largest absolute Gasteiger partial charge is 0.508 e. The van der Waals surface area contributed by atoms with Crippen molar-refractivity contribution in [1.29, 1.82) is 0 Å². The lowest BCUT2D eigenvalue weighted by Gasteiger charge is -1.96. The highest BCUT2D eigenvalue weighted by atomic mass is 16.4. The fourth-order valence-electron chi connectivity index (χ4n) is 1.32. The predicted octanol–water partition coefficient (Wildman–Crippen LogP) is 0.490. The molecule has 2 rings (SSSR count). The molecule has 1 aliphatic rings. The molecule has 2 atom stereocenters. The molecule has 0 bridgehead atoms. The molecule has 4 nitrogen and oxygen atoms in total. The second kappa shape index (κ2) is 2.74. The topological polar surface area (TPSA) is 79.5 Å². The van der Waals surface area contributed by atoms with Crippen LogP contribution in [0.4, 0.5) is 0 Å². The maximum Gasteiger partial charge on any atom is 0.322 e. The first-order valence-corrected chi connectivity index (χ1v) is 3.96. The van der Waals surface area contributed by atoms with Crippen LogP contribution in [0.2, 0.25) is 0 Å². The number of hydrogen-bond acceptors (Lipinski definition) is 3. The van der Waals surface area contributed by atoms with Crippen molar-refractivity contribution < 1.29 is 15.0 Å². The lowest BCUT2D eigenvalue weighted by atomic mass is 10.1. The highest BCUT2D eigenvalue weighted by Crippen LogP contribution is 2.30. The first kappa shape index (κ1) is 8.07. The van der Waals surface area contributed by atoms with Gasteiger partial charge in [0.25, 0.3) is 0 Å². The third-order valence-corrected chi connectivity index (χ3v) is 2.10. The molecule has 0 saturated carbocycles. The summed E-state index contributed by atoms with van der Waals surface area (Å²) < 4.78 is 0. The van der Waals surface area contributed by atoms with E-state index in [1.165, 1.54) is 0 Å². The van der Waals surface area contributed by atoms with Gasteiger partial charge >= 0.3 is 5.97 Å². The molecule has 4 heteroatoms. The van der Waals surface area contributed by atoms with E-state index in [1.807, 2.05) is 0 Å². The Balaban J connectivity index is 2.12. The average Bonchev–Trinajstić information content (AvgIpc) is 2.85. The van der Waals surface area contributed by atoms with Crippen LogP contribution in [0.5, 0.6) is 5.75 Å². The Morgan fingerprint density at radius 1 is 1.31 bits per heavy atom. The summed E-state index contributed by atoms with van der Waals surface area (Å²) in [7, 11) is 0. The van der Waals surface area contributed by atoms with E-state index >= 15 is 0 Å². The van der Waals surface area contributed by atoms with Crippen molar-refractivity contribution in [2.45, 2.75) is 12.1 Å². The minimum atomic E-state index is -0.835. The third-order valence-electron chi connectivity index (χ3n) is 2.10. The van der Waals surface area contributed by atoms with Crippen LogP contribution in [0.15, 0.2) is 24.3 Å². The molecule has 1 aromatic carbocycles. The Morgan fingerprint density at radius 3 is 2.38 bits per heavy atom. The zero-order valence-corrected chi connectivity index (χ0v) is 6.77. The van der Waals surface area contributed by atoms with E-state index in [2.05, 4.69) is 5.32 Å². The molecule has 1 saturated heterocycles. The van der Waals surface area contributed by atoms with Gasteiger partial charge < -0.3 is 10.2 Å². The van der Waals surface area contributed by atoms with Crippen molar-refractivity contribution in [1.82, 2.24) is 5.32 Å².